The molecule has 0 bridgehead atoms. The number of fused-ring (bicyclic) bond motifs is 2. The minimum atomic E-state index is -0.855. The number of rotatable bonds is 7. The lowest BCUT2D eigenvalue weighted by Gasteiger charge is -2.16. The number of amides is 4. The quantitative estimate of drug-likeness (QED) is 0.0815. The summed E-state index contributed by atoms with van der Waals surface area (Å²) < 4.78 is 32.2. The standard InChI is InChI=1S/C42H30F2N14O2/c1-20-12-32(30(43)14-25(20)17-45)51-42(60)52-35-11-8-23(19-49-35)28-13-24(15-33-37(28)39(47)56-54-33)27-16-31(44)38(29(18-46)21(27)2)53-41(59)50-26-9-6-22(7-10-26)34-4-3-5-36-55-57-40(48)58(34)36/h3-16,19H,1-2H3,(H2,48,57)(H3,47,54,56)(H2,50,53,59)(H2,49,51,52,60). The molecule has 16 nitrogen and oxygen atoms in total. The van der Waals surface area contributed by atoms with E-state index >= 15 is 4.39 Å². The molecule has 0 saturated carbocycles. The van der Waals surface area contributed by atoms with Crippen molar-refractivity contribution in [1.29, 1.82) is 10.5 Å². The second kappa shape index (κ2) is 15.2. The Kier molecular flexibility index (Phi) is 9.63. The smallest absolute Gasteiger partial charge is 0.324 e. The number of carbonyl (C=O) groups excluding carboxylic acids is 2. The van der Waals surface area contributed by atoms with Gasteiger partial charge in [-0.15, -0.1) is 10.2 Å². The molecule has 4 heterocycles. The topological polar surface area (TPSA) is 254 Å². The Morgan fingerprint density at radius 3 is 2.28 bits per heavy atom. The fourth-order valence-electron chi connectivity index (χ4n) is 6.85. The highest BCUT2D eigenvalue weighted by Crippen LogP contribution is 2.39. The number of aromatic nitrogens is 6. The third-order valence-electron chi connectivity index (χ3n) is 9.77. The molecule has 0 aliphatic carbocycles. The first-order chi connectivity index (χ1) is 28.9. The Bertz CT molecular complexity index is 3130. The molecule has 0 radical (unpaired) electrons. The highest BCUT2D eigenvalue weighted by molar-refractivity contribution is 6.05. The van der Waals surface area contributed by atoms with E-state index in [1.807, 2.05) is 24.3 Å². The van der Waals surface area contributed by atoms with E-state index in [2.05, 4.69) is 46.6 Å². The maximum atomic E-state index is 16.0. The maximum absolute atomic E-state index is 16.0. The van der Waals surface area contributed by atoms with E-state index in [1.54, 1.807) is 66.8 Å². The van der Waals surface area contributed by atoms with Gasteiger partial charge in [-0.25, -0.2) is 23.4 Å². The van der Waals surface area contributed by atoms with Crippen LogP contribution in [-0.4, -0.2) is 41.8 Å². The van der Waals surface area contributed by atoms with Crippen molar-refractivity contribution in [3.05, 3.63) is 125 Å². The number of halogens is 2. The minimum Gasteiger partial charge on any atom is -0.384 e. The Morgan fingerprint density at radius 2 is 1.55 bits per heavy atom. The molecule has 8 aromatic rings. The van der Waals surface area contributed by atoms with Crippen molar-refractivity contribution in [3.8, 4) is 45.6 Å². The van der Waals surface area contributed by atoms with Gasteiger partial charge in [0.15, 0.2) is 5.65 Å². The number of pyridine rings is 2. The average molecular weight is 801 g/mol. The Labute approximate surface area is 338 Å². The molecule has 294 valence electrons. The number of nitrogens with zero attached hydrogens (tertiary/aromatic N) is 7. The monoisotopic (exact) mass is 800 g/mol. The van der Waals surface area contributed by atoms with Crippen LogP contribution in [0.1, 0.15) is 22.3 Å². The number of H-pyrrole nitrogens is 1. The van der Waals surface area contributed by atoms with Crippen molar-refractivity contribution < 1.29 is 18.4 Å². The molecule has 18 heteroatoms. The van der Waals surface area contributed by atoms with Crippen LogP contribution >= 0.6 is 0 Å². The minimum absolute atomic E-state index is 0.0928. The summed E-state index contributed by atoms with van der Waals surface area (Å²) in [7, 11) is 0. The molecule has 60 heavy (non-hydrogen) atoms. The third kappa shape index (κ3) is 7.03. The zero-order chi connectivity index (χ0) is 42.2. The number of carbonyl (C=O) groups is 2. The van der Waals surface area contributed by atoms with Gasteiger partial charge in [-0.2, -0.15) is 15.6 Å². The third-order valence-corrected chi connectivity index (χ3v) is 9.77. The van der Waals surface area contributed by atoms with Crippen molar-refractivity contribution in [1.82, 2.24) is 29.8 Å². The number of aromatic amines is 1. The molecule has 0 fully saturated rings. The number of nitrogens with one attached hydrogen (secondary N) is 5. The van der Waals surface area contributed by atoms with Gasteiger partial charge < -0.3 is 27.4 Å². The number of benzene rings is 4. The predicted octanol–water partition coefficient (Wildman–Crippen LogP) is 8.09. The summed E-state index contributed by atoms with van der Waals surface area (Å²) in [5, 5.41) is 45.1. The molecule has 0 aliphatic rings. The zero-order valence-corrected chi connectivity index (χ0v) is 31.5. The van der Waals surface area contributed by atoms with Crippen molar-refractivity contribution in [3.63, 3.8) is 0 Å². The number of anilines is 6. The first kappa shape index (κ1) is 38.0. The van der Waals surface area contributed by atoms with Crippen LogP contribution < -0.4 is 32.7 Å². The SMILES string of the molecule is Cc1cc(NC(=O)Nc2ccc(-c3cc(-c4cc(F)c(NC(=O)Nc5ccc(-c6cccc7nnc(N)n67)cc5)c(C#N)c4C)cc4n[nH]c(N)c34)cn2)c(F)cc1C#N. The van der Waals surface area contributed by atoms with E-state index in [-0.39, 0.29) is 40.1 Å². The maximum Gasteiger partial charge on any atom is 0.324 e. The summed E-state index contributed by atoms with van der Waals surface area (Å²) in [5.41, 5.74) is 17.7. The molecule has 0 unspecified atom stereocenters. The normalized spacial score (nSPS) is 10.9. The second-order valence-corrected chi connectivity index (χ2v) is 13.5. The van der Waals surface area contributed by atoms with Crippen LogP contribution in [0.4, 0.5) is 53.0 Å². The highest BCUT2D eigenvalue weighted by Gasteiger charge is 2.22. The van der Waals surface area contributed by atoms with Crippen molar-refractivity contribution in [2.24, 2.45) is 0 Å². The van der Waals surface area contributed by atoms with Crippen LogP contribution in [-0.2, 0) is 0 Å². The molecular formula is C42H30F2N14O2. The molecule has 4 amide bonds. The molecule has 0 atom stereocenters. The van der Waals surface area contributed by atoms with Gasteiger partial charge in [0.25, 0.3) is 0 Å². The van der Waals surface area contributed by atoms with E-state index < -0.39 is 23.7 Å². The number of nitrogens with two attached hydrogens (primary N) is 2. The van der Waals surface area contributed by atoms with Crippen molar-refractivity contribution in [2.75, 3.05) is 32.7 Å². The Balaban J connectivity index is 1.03. The van der Waals surface area contributed by atoms with Crippen LogP contribution in [0.2, 0.25) is 0 Å². The molecule has 0 saturated heterocycles. The summed E-state index contributed by atoms with van der Waals surface area (Å²) in [6.07, 6.45) is 1.48. The van der Waals surface area contributed by atoms with E-state index in [4.69, 9.17) is 16.7 Å². The molecule has 4 aromatic heterocycles. The lowest BCUT2D eigenvalue weighted by atomic mass is 9.91. The number of urea groups is 2. The first-order valence-corrected chi connectivity index (χ1v) is 18.0. The molecule has 0 spiro atoms. The van der Waals surface area contributed by atoms with Crippen molar-refractivity contribution in [2.45, 2.75) is 13.8 Å². The second-order valence-electron chi connectivity index (χ2n) is 13.5. The number of nitrogen functional groups attached to an aromatic ring is 2. The Hall–Kier alpha value is -8.90. The first-order valence-electron chi connectivity index (χ1n) is 18.0. The summed E-state index contributed by atoms with van der Waals surface area (Å²) in [4.78, 5) is 30.2. The van der Waals surface area contributed by atoms with Gasteiger partial charge in [0.05, 0.1) is 45.2 Å². The highest BCUT2D eigenvalue weighted by atomic mass is 19.1. The van der Waals surface area contributed by atoms with Gasteiger partial charge in [0, 0.05) is 17.4 Å². The van der Waals surface area contributed by atoms with Gasteiger partial charge in [-0.1, -0.05) is 18.2 Å². The summed E-state index contributed by atoms with van der Waals surface area (Å²) in [6.45, 7) is 3.26. The summed E-state index contributed by atoms with van der Waals surface area (Å²) in [6, 6.07) is 25.0. The van der Waals surface area contributed by atoms with Crippen LogP contribution in [0.5, 0.6) is 0 Å². The van der Waals surface area contributed by atoms with E-state index in [0.29, 0.717) is 55.6 Å². The molecule has 8 rings (SSSR count). The van der Waals surface area contributed by atoms with Gasteiger partial charge in [-0.05, 0) is 114 Å². The van der Waals surface area contributed by atoms with Gasteiger partial charge in [-0.3, -0.25) is 14.8 Å². The van der Waals surface area contributed by atoms with Gasteiger partial charge in [0.2, 0.25) is 5.95 Å². The summed E-state index contributed by atoms with van der Waals surface area (Å²) >= 11 is 0. The van der Waals surface area contributed by atoms with Crippen molar-refractivity contribution >= 4 is 63.3 Å². The van der Waals surface area contributed by atoms with Gasteiger partial charge >= 0.3 is 12.1 Å². The van der Waals surface area contributed by atoms with Crippen LogP contribution in [0.15, 0.2) is 91.1 Å². The fourth-order valence-corrected chi connectivity index (χ4v) is 6.85. The molecular weight excluding hydrogens is 771 g/mol. The zero-order valence-electron chi connectivity index (χ0n) is 31.5. The number of aryl methyl sites for hydroxylation is 1. The van der Waals surface area contributed by atoms with Crippen LogP contribution in [0.3, 0.4) is 0 Å². The number of hydrogen-bond donors (Lipinski definition) is 7. The average Bonchev–Trinajstić information content (AvgIpc) is 3.82. The molecule has 9 N–H and O–H groups in total. The predicted molar refractivity (Wildman–Crippen MR) is 223 cm³/mol. The fraction of sp³-hybridized carbons (Fsp3) is 0.0476. The van der Waals surface area contributed by atoms with Crippen LogP contribution in [0.25, 0.3) is 50.1 Å². The van der Waals surface area contributed by atoms with E-state index in [0.717, 1.165) is 17.3 Å². The number of nitriles is 2. The molecule has 4 aromatic carbocycles. The molecule has 0 aliphatic heterocycles. The van der Waals surface area contributed by atoms with Gasteiger partial charge in [0.1, 0.15) is 29.3 Å². The lowest BCUT2D eigenvalue weighted by molar-refractivity contribution is 0.261. The summed E-state index contributed by atoms with van der Waals surface area (Å²) in [5.74, 6) is -1.00. The Morgan fingerprint density at radius 1 is 0.783 bits per heavy atom. The number of hydrogen-bond acceptors (Lipinski definition) is 10. The van der Waals surface area contributed by atoms with E-state index in [1.165, 1.54) is 24.4 Å². The van der Waals surface area contributed by atoms with Crippen LogP contribution in [0, 0.1) is 48.1 Å². The lowest BCUT2D eigenvalue weighted by Crippen LogP contribution is -2.21. The largest absolute Gasteiger partial charge is 0.384 e. The van der Waals surface area contributed by atoms with E-state index in [9.17, 15) is 19.2 Å².